The second kappa shape index (κ2) is 8.31. The lowest BCUT2D eigenvalue weighted by atomic mass is 10.0. The molecule has 1 aromatic carbocycles. The fourth-order valence-corrected chi connectivity index (χ4v) is 3.99. The van der Waals surface area contributed by atoms with E-state index < -0.39 is 11.4 Å². The van der Waals surface area contributed by atoms with Crippen molar-refractivity contribution >= 4 is 28.8 Å². The van der Waals surface area contributed by atoms with Crippen LogP contribution in [0.5, 0.6) is 5.88 Å². The van der Waals surface area contributed by atoms with Crippen molar-refractivity contribution in [3.05, 3.63) is 92.9 Å². The van der Waals surface area contributed by atoms with Gasteiger partial charge in [-0.3, -0.25) is 0 Å². The zero-order valence-electron chi connectivity index (χ0n) is 17.2. The normalized spacial score (nSPS) is 11.2. The molecule has 0 aliphatic heterocycles. The lowest BCUT2D eigenvalue weighted by molar-refractivity contribution is -0.708. The first kappa shape index (κ1) is 21.1. The average Bonchev–Trinajstić information content (AvgIpc) is 3.24. The topological polar surface area (TPSA) is 100 Å². The molecule has 0 radical (unpaired) electrons. The molecule has 5 rings (SSSR count). The third-order valence-corrected chi connectivity index (χ3v) is 5.55. The number of aromatic nitrogens is 5. The zero-order valence-corrected chi connectivity index (χ0v) is 18.7. The standard InChI is InChI=1S/C23H15Cl2N5O3/c1-13-27-21(28-33-13)16-8-15(9-17(24)10-16)20-22(31)29-7-3-2-4-19(29)30(23(20)32)12-14-5-6-18(25)26-11-14/h2-11H,12H2,1H3. The minimum Gasteiger partial charge on any atom is -0.842 e. The maximum atomic E-state index is 13.6. The van der Waals surface area contributed by atoms with Gasteiger partial charge in [0.25, 0.3) is 5.65 Å². The Kier molecular flexibility index (Phi) is 5.32. The number of aryl methyl sites for hydroxylation is 1. The summed E-state index contributed by atoms with van der Waals surface area (Å²) in [6, 6.07) is 13.5. The van der Waals surface area contributed by atoms with Crippen LogP contribution in [0.2, 0.25) is 10.2 Å². The fraction of sp³-hybridized carbons (Fsp3) is 0.0870. The SMILES string of the molecule is Cc1nc(-c2cc(Cl)cc(-c3c([O-])[n+](Cc4ccc(Cl)nc4)c4ccccn4c3=O)c2)no1. The highest BCUT2D eigenvalue weighted by atomic mass is 35.5. The Bertz CT molecular complexity index is 1560. The van der Waals surface area contributed by atoms with E-state index in [2.05, 4.69) is 15.1 Å². The van der Waals surface area contributed by atoms with Gasteiger partial charge in [-0.1, -0.05) is 40.5 Å². The predicted octanol–water partition coefficient (Wildman–Crippen LogP) is 3.44. The summed E-state index contributed by atoms with van der Waals surface area (Å²) in [6.45, 7) is 1.86. The van der Waals surface area contributed by atoms with Gasteiger partial charge >= 0.3 is 5.56 Å². The van der Waals surface area contributed by atoms with Gasteiger partial charge < -0.3 is 9.63 Å². The molecule has 8 nitrogen and oxygen atoms in total. The van der Waals surface area contributed by atoms with Crippen LogP contribution in [0.15, 0.2) is 70.2 Å². The molecule has 0 N–H and O–H groups in total. The largest absolute Gasteiger partial charge is 0.842 e. The predicted molar refractivity (Wildman–Crippen MR) is 120 cm³/mol. The molecule has 33 heavy (non-hydrogen) atoms. The molecule has 0 atom stereocenters. The van der Waals surface area contributed by atoms with E-state index in [1.807, 2.05) is 0 Å². The monoisotopic (exact) mass is 479 g/mol. The van der Waals surface area contributed by atoms with Crippen LogP contribution in [0.3, 0.4) is 0 Å². The molecule has 164 valence electrons. The maximum Gasteiger partial charge on any atom is 0.349 e. The smallest absolute Gasteiger partial charge is 0.349 e. The molecule has 0 aliphatic carbocycles. The molecule has 0 saturated heterocycles. The van der Waals surface area contributed by atoms with Gasteiger partial charge in [0.15, 0.2) is 0 Å². The second-order valence-corrected chi connectivity index (χ2v) is 8.18. The van der Waals surface area contributed by atoms with Crippen LogP contribution < -0.4 is 15.2 Å². The van der Waals surface area contributed by atoms with Crippen molar-refractivity contribution in [1.29, 1.82) is 0 Å². The van der Waals surface area contributed by atoms with Crippen molar-refractivity contribution in [3.63, 3.8) is 0 Å². The first-order valence-corrected chi connectivity index (χ1v) is 10.6. The Hall–Kier alpha value is -3.75. The Balaban J connectivity index is 1.75. The van der Waals surface area contributed by atoms with E-state index in [9.17, 15) is 9.90 Å². The van der Waals surface area contributed by atoms with Crippen LogP contribution in [0.4, 0.5) is 0 Å². The molecular weight excluding hydrogens is 465 g/mol. The lowest BCUT2D eigenvalue weighted by Gasteiger charge is -2.17. The Labute approximate surface area is 197 Å². The van der Waals surface area contributed by atoms with Gasteiger partial charge in [0.2, 0.25) is 11.7 Å². The van der Waals surface area contributed by atoms with Crippen LogP contribution in [0.25, 0.3) is 28.2 Å². The second-order valence-electron chi connectivity index (χ2n) is 7.36. The van der Waals surface area contributed by atoms with Crippen molar-refractivity contribution in [2.75, 3.05) is 0 Å². The number of rotatable bonds is 4. The Morgan fingerprint density at radius 1 is 1.12 bits per heavy atom. The number of fused-ring (bicyclic) bond motifs is 1. The van der Waals surface area contributed by atoms with E-state index in [1.54, 1.807) is 67.8 Å². The minimum absolute atomic E-state index is 0.0235. The van der Waals surface area contributed by atoms with Gasteiger partial charge in [-0.25, -0.2) is 14.3 Å². The quantitative estimate of drug-likeness (QED) is 0.289. The van der Waals surface area contributed by atoms with Crippen LogP contribution in [-0.4, -0.2) is 19.5 Å². The van der Waals surface area contributed by atoms with Gasteiger partial charge in [0.05, 0.1) is 12.1 Å². The third kappa shape index (κ3) is 3.94. The van der Waals surface area contributed by atoms with Gasteiger partial charge in [-0.05, 0) is 35.9 Å². The molecule has 5 aromatic rings. The summed E-state index contributed by atoms with van der Waals surface area (Å²) < 4.78 is 8.00. The molecule has 4 aromatic heterocycles. The fourth-order valence-electron chi connectivity index (χ4n) is 3.64. The summed E-state index contributed by atoms with van der Waals surface area (Å²) in [6.07, 6.45) is 3.21. The molecule has 4 heterocycles. The molecule has 0 bridgehead atoms. The molecule has 0 spiro atoms. The third-order valence-electron chi connectivity index (χ3n) is 5.11. The summed E-state index contributed by atoms with van der Waals surface area (Å²) in [7, 11) is 0. The minimum atomic E-state index is -0.460. The van der Waals surface area contributed by atoms with E-state index in [0.717, 1.165) is 5.56 Å². The van der Waals surface area contributed by atoms with Crippen molar-refractivity contribution < 1.29 is 14.2 Å². The van der Waals surface area contributed by atoms with E-state index in [-0.39, 0.29) is 12.1 Å². The highest BCUT2D eigenvalue weighted by molar-refractivity contribution is 6.31. The van der Waals surface area contributed by atoms with Gasteiger partial charge in [0.1, 0.15) is 17.3 Å². The molecule has 0 aliphatic rings. The Morgan fingerprint density at radius 3 is 2.67 bits per heavy atom. The van der Waals surface area contributed by atoms with Crippen LogP contribution >= 0.6 is 23.2 Å². The number of halogens is 2. The number of nitrogens with zero attached hydrogens (tertiary/aromatic N) is 5. The first-order valence-electron chi connectivity index (χ1n) is 9.87. The van der Waals surface area contributed by atoms with E-state index in [4.69, 9.17) is 27.7 Å². The Morgan fingerprint density at radius 2 is 1.94 bits per heavy atom. The number of hydrogen-bond donors (Lipinski definition) is 0. The molecule has 10 heteroatoms. The van der Waals surface area contributed by atoms with E-state index >= 15 is 0 Å². The average molecular weight is 480 g/mol. The van der Waals surface area contributed by atoms with E-state index in [1.165, 1.54) is 8.97 Å². The van der Waals surface area contributed by atoms with Gasteiger partial charge in [-0.15, -0.1) is 0 Å². The van der Waals surface area contributed by atoms with Crippen molar-refractivity contribution in [2.45, 2.75) is 13.5 Å². The van der Waals surface area contributed by atoms with Gasteiger partial charge in [-0.2, -0.15) is 9.38 Å². The summed E-state index contributed by atoms with van der Waals surface area (Å²) in [5, 5.41) is 18.2. The zero-order chi connectivity index (χ0) is 23.1. The summed E-state index contributed by atoms with van der Waals surface area (Å²) in [5.41, 5.74) is 1.60. The first-order chi connectivity index (χ1) is 15.9. The van der Waals surface area contributed by atoms with E-state index in [0.29, 0.717) is 38.7 Å². The van der Waals surface area contributed by atoms with Gasteiger partial charge in [0, 0.05) is 35.3 Å². The molecular formula is C23H15Cl2N5O3. The van der Waals surface area contributed by atoms with Crippen molar-refractivity contribution in [2.24, 2.45) is 0 Å². The van der Waals surface area contributed by atoms with Crippen LogP contribution in [-0.2, 0) is 6.54 Å². The highest BCUT2D eigenvalue weighted by Gasteiger charge is 2.21. The molecule has 0 amide bonds. The molecule has 0 unspecified atom stereocenters. The summed E-state index contributed by atoms with van der Waals surface area (Å²) in [4.78, 5) is 21.7. The lowest BCUT2D eigenvalue weighted by Crippen LogP contribution is -2.44. The van der Waals surface area contributed by atoms with Crippen LogP contribution in [0, 0.1) is 6.92 Å². The van der Waals surface area contributed by atoms with Crippen molar-refractivity contribution in [1.82, 2.24) is 19.5 Å². The summed E-state index contributed by atoms with van der Waals surface area (Å²) in [5.74, 6) is 0.236. The summed E-state index contributed by atoms with van der Waals surface area (Å²) >= 11 is 12.2. The van der Waals surface area contributed by atoms with Crippen molar-refractivity contribution in [3.8, 4) is 28.4 Å². The maximum absolute atomic E-state index is 13.6. The highest BCUT2D eigenvalue weighted by Crippen LogP contribution is 2.30. The number of hydrogen-bond acceptors (Lipinski definition) is 6. The molecule has 0 fully saturated rings. The molecule has 0 saturated carbocycles. The van der Waals surface area contributed by atoms with Crippen LogP contribution in [0.1, 0.15) is 11.5 Å². The number of benzene rings is 1. The number of pyridine rings is 2.